The van der Waals surface area contributed by atoms with Crippen LogP contribution < -0.4 is 4.90 Å². The molecule has 0 amide bonds. The predicted molar refractivity (Wildman–Crippen MR) is 282 cm³/mol. The molecule has 13 aromatic rings. The van der Waals surface area contributed by atoms with Crippen LogP contribution >= 0.6 is 11.3 Å². The normalized spacial score (nSPS) is 13.1. The summed E-state index contributed by atoms with van der Waals surface area (Å²) in [4.78, 5) is 13.3. The second-order valence-electron chi connectivity index (χ2n) is 17.9. The summed E-state index contributed by atoms with van der Waals surface area (Å²) in [6, 6.07) is 81.3. The van der Waals surface area contributed by atoms with Crippen LogP contribution in [0.15, 0.2) is 229 Å². The summed E-state index contributed by atoms with van der Waals surface area (Å²) in [6.45, 7) is 0. The van der Waals surface area contributed by atoms with Gasteiger partial charge in [0.05, 0.1) is 27.0 Å². The highest BCUT2D eigenvalue weighted by atomic mass is 32.1. The van der Waals surface area contributed by atoms with E-state index < -0.39 is 5.41 Å². The Morgan fingerprint density at radius 2 is 1.01 bits per heavy atom. The van der Waals surface area contributed by atoms with E-state index in [-0.39, 0.29) is 0 Å². The molecule has 0 atom stereocenters. The quantitative estimate of drug-likeness (QED) is 0.173. The first-order valence-corrected chi connectivity index (χ1v) is 24.0. The first kappa shape index (κ1) is 37.6. The minimum absolute atomic E-state index is 0.480. The summed E-state index contributed by atoms with van der Waals surface area (Å²) in [7, 11) is 0. The first-order valence-electron chi connectivity index (χ1n) is 23.1. The lowest BCUT2D eigenvalue weighted by molar-refractivity contribution is 0.672. The highest BCUT2D eigenvalue weighted by Gasteiger charge is 2.51. The van der Waals surface area contributed by atoms with Gasteiger partial charge >= 0.3 is 0 Å². The van der Waals surface area contributed by atoms with E-state index in [0.29, 0.717) is 5.82 Å². The van der Waals surface area contributed by atoms with E-state index >= 15 is 0 Å². The molecule has 4 nitrogen and oxygen atoms in total. The maximum absolute atomic E-state index is 6.99. The van der Waals surface area contributed by atoms with Gasteiger partial charge in [0, 0.05) is 54.1 Å². The smallest absolute Gasteiger partial charge is 0.161 e. The fourth-order valence-electron chi connectivity index (χ4n) is 11.7. The molecule has 68 heavy (non-hydrogen) atoms. The van der Waals surface area contributed by atoms with Gasteiger partial charge in [-0.3, -0.25) is 0 Å². The van der Waals surface area contributed by atoms with Gasteiger partial charge in [-0.05, 0) is 87.0 Å². The van der Waals surface area contributed by atoms with Crippen molar-refractivity contribution in [1.82, 2.24) is 9.97 Å². The molecular weight excluding hydrogens is 847 g/mol. The van der Waals surface area contributed by atoms with Gasteiger partial charge in [-0.2, -0.15) is 0 Å². The molecule has 0 fully saturated rings. The summed E-state index contributed by atoms with van der Waals surface area (Å²) >= 11 is 1.75. The molecule has 0 bridgehead atoms. The third-order valence-electron chi connectivity index (χ3n) is 14.5. The van der Waals surface area contributed by atoms with Crippen molar-refractivity contribution in [2.75, 3.05) is 4.90 Å². The van der Waals surface area contributed by atoms with Crippen molar-refractivity contribution in [3.05, 3.63) is 247 Å². The zero-order valence-corrected chi connectivity index (χ0v) is 37.3. The molecule has 0 N–H and O–H groups in total. The number of hydrogen-bond donors (Lipinski definition) is 0. The number of aromatic nitrogens is 2. The first-order chi connectivity index (χ1) is 33.7. The standard InChI is InChI=1S/C63H37N3OS/c1-3-18-38(19-4-1)58-61-59(47-27-12-16-33-56(47)68-61)65-62(64-58)48-28-17-32-55-57(48)49-37-54(45-25-7-8-26-46(45)60(49)67-55)66(39-20-5-2-6-21-39)40-34-35-44-43-24-11-15-31-52(43)63(53(44)36-40)50-29-13-9-22-41(50)42-23-10-14-30-51(42)63/h1-37H. The van der Waals surface area contributed by atoms with Gasteiger partial charge in [-0.25, -0.2) is 9.97 Å². The monoisotopic (exact) mass is 883 g/mol. The van der Waals surface area contributed by atoms with Gasteiger partial charge in [0.1, 0.15) is 11.2 Å². The van der Waals surface area contributed by atoms with Crippen LogP contribution in [0.3, 0.4) is 0 Å². The largest absolute Gasteiger partial charge is 0.455 e. The van der Waals surface area contributed by atoms with E-state index in [9.17, 15) is 0 Å². The Kier molecular flexibility index (Phi) is 7.83. The van der Waals surface area contributed by atoms with Crippen molar-refractivity contribution >= 4 is 81.4 Å². The van der Waals surface area contributed by atoms with Gasteiger partial charge in [-0.1, -0.05) is 182 Å². The predicted octanol–water partition coefficient (Wildman–Crippen LogP) is 17.0. The summed E-state index contributed by atoms with van der Waals surface area (Å²) in [6.07, 6.45) is 0. The molecule has 0 aliphatic heterocycles. The molecule has 1 spiro atoms. The second-order valence-corrected chi connectivity index (χ2v) is 19.0. The maximum Gasteiger partial charge on any atom is 0.161 e. The molecule has 316 valence electrons. The number of thiophene rings is 1. The van der Waals surface area contributed by atoms with Crippen LogP contribution in [-0.4, -0.2) is 9.97 Å². The number of furan rings is 1. The van der Waals surface area contributed by atoms with Crippen LogP contribution in [0.1, 0.15) is 22.3 Å². The second kappa shape index (κ2) is 14.2. The molecular formula is C63H37N3OS. The van der Waals surface area contributed by atoms with Gasteiger partial charge in [-0.15, -0.1) is 11.3 Å². The number of fused-ring (bicyclic) bond motifs is 18. The Labute approximate surface area is 395 Å². The van der Waals surface area contributed by atoms with Crippen LogP contribution in [0.2, 0.25) is 0 Å². The molecule has 0 radical (unpaired) electrons. The zero-order chi connectivity index (χ0) is 44.5. The molecule has 3 heterocycles. The molecule has 2 aliphatic rings. The van der Waals surface area contributed by atoms with Crippen LogP contribution in [0, 0.1) is 0 Å². The van der Waals surface area contributed by atoms with Gasteiger partial charge in [0.2, 0.25) is 0 Å². The molecule has 2 aliphatic carbocycles. The summed E-state index contributed by atoms with van der Waals surface area (Å²) in [5, 5.41) is 5.26. The molecule has 0 unspecified atom stereocenters. The maximum atomic E-state index is 6.99. The Balaban J connectivity index is 1.01. The van der Waals surface area contributed by atoms with E-state index in [1.54, 1.807) is 11.3 Å². The van der Waals surface area contributed by atoms with Crippen LogP contribution in [-0.2, 0) is 5.41 Å². The van der Waals surface area contributed by atoms with E-state index in [2.05, 4.69) is 229 Å². The topological polar surface area (TPSA) is 42.2 Å². The number of para-hydroxylation sites is 1. The van der Waals surface area contributed by atoms with Crippen LogP contribution in [0.25, 0.3) is 97.9 Å². The van der Waals surface area contributed by atoms with E-state index in [4.69, 9.17) is 14.4 Å². The van der Waals surface area contributed by atoms with Crippen molar-refractivity contribution in [1.29, 1.82) is 0 Å². The Hall–Kier alpha value is -8.64. The lowest BCUT2D eigenvalue weighted by Gasteiger charge is -2.32. The molecule has 3 aromatic heterocycles. The van der Waals surface area contributed by atoms with E-state index in [1.807, 2.05) is 0 Å². The number of benzene rings is 10. The van der Waals surface area contributed by atoms with Crippen molar-refractivity contribution < 1.29 is 4.42 Å². The lowest BCUT2D eigenvalue weighted by atomic mass is 9.70. The highest BCUT2D eigenvalue weighted by Crippen LogP contribution is 2.63. The van der Waals surface area contributed by atoms with Crippen molar-refractivity contribution in [3.8, 4) is 44.9 Å². The zero-order valence-electron chi connectivity index (χ0n) is 36.5. The average molecular weight is 884 g/mol. The Bertz CT molecular complexity index is 4160. The fraction of sp³-hybridized carbons (Fsp3) is 0.0159. The third kappa shape index (κ3) is 5.08. The van der Waals surface area contributed by atoms with Crippen LogP contribution in [0.5, 0.6) is 0 Å². The summed E-state index contributed by atoms with van der Waals surface area (Å²) < 4.78 is 9.26. The van der Waals surface area contributed by atoms with Crippen LogP contribution in [0.4, 0.5) is 17.1 Å². The van der Waals surface area contributed by atoms with Gasteiger partial charge < -0.3 is 9.32 Å². The Morgan fingerprint density at radius 3 is 1.74 bits per heavy atom. The van der Waals surface area contributed by atoms with Gasteiger partial charge in [0.15, 0.2) is 5.82 Å². The molecule has 15 rings (SSSR count). The molecule has 0 saturated heterocycles. The minimum Gasteiger partial charge on any atom is -0.455 e. The third-order valence-corrected chi connectivity index (χ3v) is 15.6. The SMILES string of the molecule is c1ccc(-c2nc(-c3cccc4oc5c6ccccc6c(N(c6ccccc6)c6ccc7c(c6)C6(c8ccccc8-c8ccccc86)c6ccccc6-7)cc5c34)nc3c2sc2ccccc23)cc1. The molecule has 5 heteroatoms. The minimum atomic E-state index is -0.480. The fourth-order valence-corrected chi connectivity index (χ4v) is 12.9. The number of rotatable bonds is 5. The number of anilines is 3. The number of nitrogens with zero attached hydrogens (tertiary/aromatic N) is 3. The van der Waals surface area contributed by atoms with Crippen molar-refractivity contribution in [3.63, 3.8) is 0 Å². The van der Waals surface area contributed by atoms with Crippen molar-refractivity contribution in [2.45, 2.75) is 5.41 Å². The average Bonchev–Trinajstić information content (AvgIpc) is 4.15. The van der Waals surface area contributed by atoms with Gasteiger partial charge in [0.25, 0.3) is 0 Å². The highest BCUT2D eigenvalue weighted by molar-refractivity contribution is 7.26. The van der Waals surface area contributed by atoms with E-state index in [1.165, 1.54) is 49.2 Å². The summed E-state index contributed by atoms with van der Waals surface area (Å²) in [5.74, 6) is 0.670. The van der Waals surface area contributed by atoms with E-state index in [0.717, 1.165) is 82.2 Å². The Morgan fingerprint density at radius 1 is 0.426 bits per heavy atom. The molecule has 0 saturated carbocycles. The number of hydrogen-bond acceptors (Lipinski definition) is 5. The lowest BCUT2D eigenvalue weighted by Crippen LogP contribution is -2.26. The molecule has 10 aromatic carbocycles. The van der Waals surface area contributed by atoms with Crippen molar-refractivity contribution in [2.24, 2.45) is 0 Å². The summed E-state index contributed by atoms with van der Waals surface area (Å²) in [5.41, 5.74) is 18.6.